The van der Waals surface area contributed by atoms with E-state index in [-0.39, 0.29) is 5.91 Å². The molecule has 0 fully saturated rings. The second-order valence-corrected chi connectivity index (χ2v) is 4.39. The topological polar surface area (TPSA) is 41.5 Å². The molecule has 1 amide bonds. The highest BCUT2D eigenvalue weighted by Crippen LogP contribution is 2.21. The molecule has 0 saturated heterocycles. The zero-order valence-electron chi connectivity index (χ0n) is 8.83. The van der Waals surface area contributed by atoms with E-state index in [9.17, 15) is 4.79 Å². The molecular formula is C12H11BrN2O. The molecule has 0 aliphatic carbocycles. The van der Waals surface area contributed by atoms with Gasteiger partial charge in [0.15, 0.2) is 0 Å². The summed E-state index contributed by atoms with van der Waals surface area (Å²) < 4.78 is 0.723. The molecule has 4 heteroatoms. The van der Waals surface area contributed by atoms with Gasteiger partial charge in [0.1, 0.15) is 10.4 Å². The Morgan fingerprint density at radius 3 is 2.94 bits per heavy atom. The maximum Gasteiger partial charge on any atom is 0.222 e. The van der Waals surface area contributed by atoms with E-state index in [2.05, 4.69) is 26.2 Å². The molecule has 1 aliphatic rings. The molecule has 0 atom stereocenters. The van der Waals surface area contributed by atoms with E-state index in [1.54, 1.807) is 0 Å². The van der Waals surface area contributed by atoms with Crippen LogP contribution in [0.15, 0.2) is 33.9 Å². The molecule has 0 unspecified atom stereocenters. The number of fused-ring (bicyclic) bond motifs is 1. The number of nitrogens with one attached hydrogen (secondary N) is 1. The van der Waals surface area contributed by atoms with E-state index >= 15 is 0 Å². The fourth-order valence-electron chi connectivity index (χ4n) is 1.62. The zero-order chi connectivity index (χ0) is 11.5. The number of carbonyl (C=O) groups is 1. The van der Waals surface area contributed by atoms with Crippen LogP contribution < -0.4 is 5.32 Å². The average molecular weight is 279 g/mol. The molecule has 1 aliphatic heterocycles. The second-order valence-electron chi connectivity index (χ2n) is 3.58. The minimum atomic E-state index is -0.0987. The highest BCUT2D eigenvalue weighted by Gasteiger charge is 2.10. The highest BCUT2D eigenvalue weighted by molar-refractivity contribution is 9.11. The molecule has 1 N–H and O–H groups in total. The number of benzene rings is 1. The molecule has 82 valence electrons. The van der Waals surface area contributed by atoms with Gasteiger partial charge in [0.2, 0.25) is 5.91 Å². The first kappa shape index (κ1) is 11.1. The smallest absolute Gasteiger partial charge is 0.222 e. The molecule has 0 aromatic heterocycles. The van der Waals surface area contributed by atoms with Crippen molar-refractivity contribution in [1.29, 1.82) is 0 Å². The van der Waals surface area contributed by atoms with Gasteiger partial charge in [0, 0.05) is 13.3 Å². The van der Waals surface area contributed by atoms with Gasteiger partial charge in [-0.05, 0) is 33.1 Å². The van der Waals surface area contributed by atoms with Gasteiger partial charge in [0.05, 0.1) is 0 Å². The molecule has 3 nitrogen and oxygen atoms in total. The van der Waals surface area contributed by atoms with Crippen molar-refractivity contribution in [3.05, 3.63) is 40.0 Å². The molecule has 1 aromatic rings. The number of aliphatic imine (C=N–C) groups is 1. The van der Waals surface area contributed by atoms with Gasteiger partial charge >= 0.3 is 0 Å². The number of rotatable bonds is 0. The summed E-state index contributed by atoms with van der Waals surface area (Å²) in [5, 5.41) is 2.73. The van der Waals surface area contributed by atoms with Crippen LogP contribution in [0.5, 0.6) is 0 Å². The Balaban J connectivity index is 2.36. The van der Waals surface area contributed by atoms with E-state index in [1.165, 1.54) is 6.92 Å². The molecule has 16 heavy (non-hydrogen) atoms. The van der Waals surface area contributed by atoms with Crippen molar-refractivity contribution >= 4 is 33.7 Å². The summed E-state index contributed by atoms with van der Waals surface area (Å²) in [6.07, 6.45) is 2.59. The first-order valence-corrected chi connectivity index (χ1v) is 5.75. The summed E-state index contributed by atoms with van der Waals surface area (Å²) in [4.78, 5) is 15.3. The summed E-state index contributed by atoms with van der Waals surface area (Å²) in [5.41, 5.74) is 2.28. The molecule has 2 rings (SSSR count). The van der Waals surface area contributed by atoms with Crippen LogP contribution in [0.3, 0.4) is 0 Å². The van der Waals surface area contributed by atoms with Crippen LogP contribution in [0.1, 0.15) is 18.1 Å². The summed E-state index contributed by atoms with van der Waals surface area (Å²) >= 11 is 3.36. The van der Waals surface area contributed by atoms with Crippen molar-refractivity contribution in [2.45, 2.75) is 13.3 Å². The molecular weight excluding hydrogens is 268 g/mol. The van der Waals surface area contributed by atoms with Crippen molar-refractivity contribution in [2.75, 3.05) is 0 Å². The lowest BCUT2D eigenvalue weighted by molar-refractivity contribution is -0.117. The number of amides is 1. The minimum absolute atomic E-state index is 0.0987. The molecule has 0 saturated carbocycles. The Bertz CT molecular complexity index is 492. The van der Waals surface area contributed by atoms with Crippen LogP contribution in [0.2, 0.25) is 0 Å². The van der Waals surface area contributed by atoms with Crippen molar-refractivity contribution in [3.63, 3.8) is 0 Å². The Labute approximate surface area is 102 Å². The molecule has 1 heterocycles. The lowest BCUT2D eigenvalue weighted by Crippen LogP contribution is -2.29. The van der Waals surface area contributed by atoms with E-state index in [0.717, 1.165) is 15.7 Å². The predicted molar refractivity (Wildman–Crippen MR) is 68.3 cm³/mol. The fraction of sp³-hybridized carbons (Fsp3) is 0.167. The Morgan fingerprint density at radius 2 is 2.19 bits per heavy atom. The Morgan fingerprint density at radius 1 is 1.44 bits per heavy atom. The van der Waals surface area contributed by atoms with Crippen molar-refractivity contribution in [1.82, 2.24) is 5.32 Å². The third-order valence-electron chi connectivity index (χ3n) is 2.25. The fourth-order valence-corrected chi connectivity index (χ4v) is 2.08. The maximum absolute atomic E-state index is 11.0. The molecule has 0 bridgehead atoms. The van der Waals surface area contributed by atoms with Crippen molar-refractivity contribution < 1.29 is 4.79 Å². The minimum Gasteiger partial charge on any atom is -0.314 e. The number of hydrogen-bond donors (Lipinski definition) is 1. The zero-order valence-corrected chi connectivity index (χ0v) is 10.4. The summed E-state index contributed by atoms with van der Waals surface area (Å²) in [6, 6.07) is 8.04. The number of hydrogen-bond acceptors (Lipinski definition) is 2. The normalized spacial score (nSPS) is 14.4. The van der Waals surface area contributed by atoms with Crippen LogP contribution >= 0.6 is 15.9 Å². The van der Waals surface area contributed by atoms with Gasteiger partial charge < -0.3 is 5.32 Å². The lowest BCUT2D eigenvalue weighted by Gasteiger charge is -2.06. The van der Waals surface area contributed by atoms with Gasteiger partial charge in [-0.1, -0.05) is 24.3 Å². The average Bonchev–Trinajstić information content (AvgIpc) is 2.33. The summed E-state index contributed by atoms with van der Waals surface area (Å²) in [5.74, 6) is 0.569. The molecule has 0 radical (unpaired) electrons. The molecule has 0 spiro atoms. The highest BCUT2D eigenvalue weighted by atomic mass is 79.9. The van der Waals surface area contributed by atoms with E-state index in [4.69, 9.17) is 0 Å². The van der Waals surface area contributed by atoms with Crippen molar-refractivity contribution in [3.8, 4) is 0 Å². The van der Waals surface area contributed by atoms with Crippen LogP contribution in [-0.2, 0) is 11.2 Å². The third kappa shape index (κ3) is 2.58. The largest absolute Gasteiger partial charge is 0.314 e. The van der Waals surface area contributed by atoms with Gasteiger partial charge in [0.25, 0.3) is 0 Å². The van der Waals surface area contributed by atoms with Gasteiger partial charge in [-0.25, -0.2) is 4.99 Å². The van der Waals surface area contributed by atoms with Gasteiger partial charge in [-0.2, -0.15) is 0 Å². The lowest BCUT2D eigenvalue weighted by atomic mass is 10.0. The number of amidine groups is 1. The third-order valence-corrected chi connectivity index (χ3v) is 2.66. The standard InChI is InChI=1S/C12H11BrN2O/c1-8(16)14-12-7-10-5-3-2-4-9(10)6-11(13)15-12/h2-6H,7H2,1H3,(H,14,15,16). The van der Waals surface area contributed by atoms with Crippen LogP contribution in [0.4, 0.5) is 0 Å². The SMILES string of the molecule is CC(=O)NC1=NC(Br)=Cc2ccccc2C1. The Kier molecular flexibility index (Phi) is 3.19. The first-order valence-electron chi connectivity index (χ1n) is 4.95. The van der Waals surface area contributed by atoms with E-state index in [1.807, 2.05) is 30.3 Å². The van der Waals surface area contributed by atoms with E-state index in [0.29, 0.717) is 12.3 Å². The Hall–Kier alpha value is -1.42. The van der Waals surface area contributed by atoms with Crippen molar-refractivity contribution in [2.24, 2.45) is 4.99 Å². The maximum atomic E-state index is 11.0. The summed E-state index contributed by atoms with van der Waals surface area (Å²) in [7, 11) is 0. The quantitative estimate of drug-likeness (QED) is 0.728. The van der Waals surface area contributed by atoms with Gasteiger partial charge in [-0.15, -0.1) is 0 Å². The number of nitrogens with zero attached hydrogens (tertiary/aromatic N) is 1. The summed E-state index contributed by atoms with van der Waals surface area (Å²) in [6.45, 7) is 1.48. The predicted octanol–water partition coefficient (Wildman–Crippen LogP) is 2.47. The second kappa shape index (κ2) is 4.61. The van der Waals surface area contributed by atoms with Crippen LogP contribution in [0.25, 0.3) is 6.08 Å². The van der Waals surface area contributed by atoms with Gasteiger partial charge in [-0.3, -0.25) is 4.79 Å². The molecule has 1 aromatic carbocycles. The number of carbonyl (C=O) groups excluding carboxylic acids is 1. The van der Waals surface area contributed by atoms with Crippen LogP contribution in [-0.4, -0.2) is 11.7 Å². The van der Waals surface area contributed by atoms with E-state index < -0.39 is 0 Å². The monoisotopic (exact) mass is 278 g/mol. The van der Waals surface area contributed by atoms with Crippen LogP contribution in [0, 0.1) is 0 Å². The first-order chi connectivity index (χ1) is 7.65. The number of halogens is 1.